The van der Waals surface area contributed by atoms with Crippen molar-refractivity contribution < 1.29 is 9.47 Å². The highest BCUT2D eigenvalue weighted by Gasteiger charge is 2.24. The second-order valence-corrected chi connectivity index (χ2v) is 11.0. The van der Waals surface area contributed by atoms with E-state index < -0.39 is 0 Å². The number of nitrogens with zero attached hydrogens (tertiary/aromatic N) is 1. The third-order valence-corrected chi connectivity index (χ3v) is 6.26. The van der Waals surface area contributed by atoms with Gasteiger partial charge in [-0.3, -0.25) is 0 Å². The van der Waals surface area contributed by atoms with Crippen molar-refractivity contribution in [3.05, 3.63) is 113 Å². The average Bonchev–Trinajstić information content (AvgIpc) is 2.80. The number of pyridine rings is 1. The Morgan fingerprint density at radius 1 is 0.686 bits per heavy atom. The summed E-state index contributed by atoms with van der Waals surface area (Å²) in [7, 11) is 0. The second kappa shape index (κ2) is 10.1. The maximum Gasteiger partial charge on any atom is 0.219 e. The van der Waals surface area contributed by atoms with Crippen LogP contribution < -0.4 is 9.47 Å². The molecule has 0 radical (unpaired) electrons. The molecule has 0 saturated carbocycles. The van der Waals surface area contributed by atoms with Crippen LogP contribution in [0.4, 0.5) is 0 Å². The van der Waals surface area contributed by atoms with E-state index in [0.717, 1.165) is 23.7 Å². The molecule has 3 aromatic carbocycles. The monoisotopic (exact) mass is 485 g/mol. The number of rotatable bonds is 7. The van der Waals surface area contributed by atoms with Crippen LogP contribution in [-0.2, 0) is 17.3 Å². The van der Waals surface area contributed by atoms with Crippen molar-refractivity contribution >= 4 is 11.6 Å². The van der Waals surface area contributed by atoms with Crippen LogP contribution in [0, 0.1) is 0 Å². The molecule has 0 aliphatic carbocycles. The third kappa shape index (κ3) is 6.64. The summed E-state index contributed by atoms with van der Waals surface area (Å²) in [5.41, 5.74) is 3.46. The molecule has 0 aliphatic rings. The molecule has 35 heavy (non-hydrogen) atoms. The lowest BCUT2D eigenvalue weighted by Gasteiger charge is -2.28. The number of benzene rings is 3. The number of para-hydroxylation sites is 1. The minimum absolute atomic E-state index is 0.00831. The third-order valence-electron chi connectivity index (χ3n) is 6.01. The van der Waals surface area contributed by atoms with Crippen molar-refractivity contribution in [2.45, 2.75) is 51.9 Å². The van der Waals surface area contributed by atoms with Gasteiger partial charge in [0, 0.05) is 17.3 Å². The van der Waals surface area contributed by atoms with Gasteiger partial charge in [0.2, 0.25) is 5.88 Å². The summed E-state index contributed by atoms with van der Waals surface area (Å²) < 4.78 is 12.2. The number of halogens is 1. The second-order valence-electron chi connectivity index (χ2n) is 10.5. The molecular weight excluding hydrogens is 454 g/mol. The highest BCUT2D eigenvalue weighted by atomic mass is 35.5. The van der Waals surface area contributed by atoms with E-state index in [-0.39, 0.29) is 10.8 Å². The van der Waals surface area contributed by atoms with E-state index in [1.807, 2.05) is 66.9 Å². The van der Waals surface area contributed by atoms with E-state index in [4.69, 9.17) is 21.1 Å². The van der Waals surface area contributed by atoms with Gasteiger partial charge in [0.1, 0.15) is 17.2 Å². The molecule has 0 aliphatic heterocycles. The molecule has 180 valence electrons. The molecule has 1 heterocycles. The molecule has 0 spiro atoms. The fraction of sp³-hybridized carbons (Fsp3) is 0.258. The van der Waals surface area contributed by atoms with Crippen molar-refractivity contribution in [2.24, 2.45) is 0 Å². The SMILES string of the molecule is CC(C)(C)c1cc(CC(C)(C)c2ccnc(Oc3ccccc3)c2)cc(Oc2ccc(Cl)cc2)c1. The normalized spacial score (nSPS) is 11.8. The Kier molecular flexibility index (Phi) is 7.18. The lowest BCUT2D eigenvalue weighted by Crippen LogP contribution is -2.21. The molecule has 0 fully saturated rings. The van der Waals surface area contributed by atoms with Gasteiger partial charge in [-0.1, -0.05) is 70.5 Å². The van der Waals surface area contributed by atoms with Crippen molar-refractivity contribution in [3.8, 4) is 23.1 Å². The summed E-state index contributed by atoms with van der Waals surface area (Å²) in [6.45, 7) is 11.2. The molecule has 1 aromatic heterocycles. The lowest BCUT2D eigenvalue weighted by molar-refractivity contribution is 0.454. The first-order chi connectivity index (χ1) is 16.6. The summed E-state index contributed by atoms with van der Waals surface area (Å²) >= 11 is 6.04. The van der Waals surface area contributed by atoms with Crippen LogP contribution in [-0.4, -0.2) is 4.98 Å². The van der Waals surface area contributed by atoms with Gasteiger partial charge in [0.05, 0.1) is 0 Å². The van der Waals surface area contributed by atoms with Crippen LogP contribution in [0.2, 0.25) is 5.02 Å². The molecule has 0 atom stereocenters. The van der Waals surface area contributed by atoms with Gasteiger partial charge in [-0.25, -0.2) is 4.98 Å². The molecule has 0 bridgehead atoms. The van der Waals surface area contributed by atoms with Crippen LogP contribution in [0.15, 0.2) is 91.1 Å². The van der Waals surface area contributed by atoms with Crippen LogP contribution in [0.25, 0.3) is 0 Å². The Morgan fingerprint density at radius 2 is 1.37 bits per heavy atom. The first-order valence-corrected chi connectivity index (χ1v) is 12.2. The maximum absolute atomic E-state index is 6.23. The highest BCUT2D eigenvalue weighted by Crippen LogP contribution is 2.35. The van der Waals surface area contributed by atoms with Gasteiger partial charge in [-0.15, -0.1) is 0 Å². The Labute approximate surface area is 213 Å². The fourth-order valence-corrected chi connectivity index (χ4v) is 4.13. The molecule has 0 saturated heterocycles. The van der Waals surface area contributed by atoms with Crippen molar-refractivity contribution in [1.29, 1.82) is 0 Å². The van der Waals surface area contributed by atoms with E-state index in [9.17, 15) is 0 Å². The maximum atomic E-state index is 6.23. The van der Waals surface area contributed by atoms with E-state index >= 15 is 0 Å². The molecule has 4 aromatic rings. The topological polar surface area (TPSA) is 31.4 Å². The first kappa shape index (κ1) is 24.8. The smallest absolute Gasteiger partial charge is 0.219 e. The summed E-state index contributed by atoms with van der Waals surface area (Å²) in [5.74, 6) is 2.96. The minimum atomic E-state index is -0.147. The van der Waals surface area contributed by atoms with Crippen LogP contribution in [0.5, 0.6) is 23.1 Å². The predicted octanol–water partition coefficient (Wildman–Crippen LogP) is 9.14. The van der Waals surface area contributed by atoms with Crippen LogP contribution >= 0.6 is 11.6 Å². The molecule has 0 amide bonds. The standard InChI is InChI=1S/C31H32ClNO2/c1-30(2,3)24-17-22(18-28(19-24)34-27-13-11-25(32)12-14-27)21-31(4,5)23-15-16-33-29(20-23)35-26-9-7-6-8-10-26/h6-20H,21H2,1-5H3. The number of hydrogen-bond acceptors (Lipinski definition) is 3. The fourth-order valence-electron chi connectivity index (χ4n) is 4.00. The molecular formula is C31H32ClNO2. The molecule has 3 nitrogen and oxygen atoms in total. The zero-order valence-electron chi connectivity index (χ0n) is 21.0. The summed E-state index contributed by atoms with van der Waals surface area (Å²) in [4.78, 5) is 4.42. The van der Waals surface area contributed by atoms with E-state index in [1.54, 1.807) is 0 Å². The van der Waals surface area contributed by atoms with E-state index in [1.165, 1.54) is 16.7 Å². The quantitative estimate of drug-likeness (QED) is 0.261. The summed E-state index contributed by atoms with van der Waals surface area (Å²) in [6, 6.07) is 27.8. The molecule has 4 rings (SSSR count). The Bertz CT molecular complexity index is 1280. The number of hydrogen-bond donors (Lipinski definition) is 0. The van der Waals surface area contributed by atoms with E-state index in [0.29, 0.717) is 10.9 Å². The van der Waals surface area contributed by atoms with Gasteiger partial charge in [0.25, 0.3) is 0 Å². The average molecular weight is 486 g/mol. The number of ether oxygens (including phenoxy) is 2. The zero-order valence-corrected chi connectivity index (χ0v) is 21.8. The predicted molar refractivity (Wildman–Crippen MR) is 144 cm³/mol. The van der Waals surface area contributed by atoms with Gasteiger partial charge in [-0.2, -0.15) is 0 Å². The number of aromatic nitrogens is 1. The Hall–Kier alpha value is -3.30. The lowest BCUT2D eigenvalue weighted by atomic mass is 9.78. The molecule has 0 unspecified atom stereocenters. The summed E-state index contributed by atoms with van der Waals surface area (Å²) in [6.07, 6.45) is 2.65. The van der Waals surface area contributed by atoms with Gasteiger partial charge in [-0.05, 0) is 88.5 Å². The van der Waals surface area contributed by atoms with Gasteiger partial charge >= 0.3 is 0 Å². The van der Waals surface area contributed by atoms with Crippen molar-refractivity contribution in [2.75, 3.05) is 0 Å². The van der Waals surface area contributed by atoms with Gasteiger partial charge < -0.3 is 9.47 Å². The first-order valence-electron chi connectivity index (χ1n) is 11.9. The summed E-state index contributed by atoms with van der Waals surface area (Å²) in [5, 5.41) is 0.691. The van der Waals surface area contributed by atoms with Crippen molar-refractivity contribution in [3.63, 3.8) is 0 Å². The van der Waals surface area contributed by atoms with Crippen LogP contribution in [0.1, 0.15) is 51.3 Å². The molecule has 0 N–H and O–H groups in total. The Morgan fingerprint density at radius 3 is 2.06 bits per heavy atom. The van der Waals surface area contributed by atoms with Crippen LogP contribution in [0.3, 0.4) is 0 Å². The van der Waals surface area contributed by atoms with Gasteiger partial charge in [0.15, 0.2) is 0 Å². The van der Waals surface area contributed by atoms with Crippen molar-refractivity contribution in [1.82, 2.24) is 4.98 Å². The highest BCUT2D eigenvalue weighted by molar-refractivity contribution is 6.30. The largest absolute Gasteiger partial charge is 0.457 e. The minimum Gasteiger partial charge on any atom is -0.457 e. The van der Waals surface area contributed by atoms with E-state index in [2.05, 4.69) is 63.9 Å². The zero-order chi connectivity index (χ0) is 25.1. The Balaban J connectivity index is 1.61. The molecule has 4 heteroatoms.